The lowest BCUT2D eigenvalue weighted by Crippen LogP contribution is -2.25. The van der Waals surface area contributed by atoms with Crippen molar-refractivity contribution in [3.63, 3.8) is 0 Å². The number of nitriles is 1. The summed E-state index contributed by atoms with van der Waals surface area (Å²) in [5.41, 5.74) is 0.416. The van der Waals surface area contributed by atoms with E-state index in [-0.39, 0.29) is 0 Å². The first-order chi connectivity index (χ1) is 15.8. The number of nitrogens with zero attached hydrogens (tertiary/aromatic N) is 1. The average molecular weight is 462 g/mol. The Morgan fingerprint density at radius 2 is 1.52 bits per heavy atom. The molecule has 180 valence electrons. The van der Waals surface area contributed by atoms with Gasteiger partial charge in [0.2, 0.25) is 0 Å². The highest BCUT2D eigenvalue weighted by atomic mass is 19.4. The monoisotopic (exact) mass is 461 g/mol. The summed E-state index contributed by atoms with van der Waals surface area (Å²) in [6, 6.07) is 7.09. The summed E-state index contributed by atoms with van der Waals surface area (Å²) in [6.45, 7) is 0. The van der Waals surface area contributed by atoms with Crippen molar-refractivity contribution in [1.82, 2.24) is 0 Å². The molecular weight excluding hydrogens is 426 g/mol. The van der Waals surface area contributed by atoms with E-state index in [0.29, 0.717) is 5.92 Å². The smallest absolute Gasteiger partial charge is 0.195 e. The van der Waals surface area contributed by atoms with Gasteiger partial charge in [0.15, 0.2) is 5.83 Å². The molecule has 0 spiro atoms. The zero-order valence-corrected chi connectivity index (χ0v) is 19.3. The zero-order valence-electron chi connectivity index (χ0n) is 19.3. The van der Waals surface area contributed by atoms with Gasteiger partial charge >= 0.3 is 6.18 Å². The predicted molar refractivity (Wildman–Crippen MR) is 124 cm³/mol. The van der Waals surface area contributed by atoms with Crippen molar-refractivity contribution in [1.29, 1.82) is 5.26 Å². The molecule has 0 bridgehead atoms. The van der Waals surface area contributed by atoms with Crippen LogP contribution >= 0.6 is 0 Å². The topological polar surface area (TPSA) is 23.8 Å². The van der Waals surface area contributed by atoms with Crippen molar-refractivity contribution in [2.75, 3.05) is 0 Å². The Hall–Kier alpha value is -2.09. The van der Waals surface area contributed by atoms with E-state index >= 15 is 0 Å². The lowest BCUT2D eigenvalue weighted by atomic mass is 9.68. The van der Waals surface area contributed by atoms with Crippen LogP contribution in [0.15, 0.2) is 48.3 Å². The van der Waals surface area contributed by atoms with Crippen LogP contribution in [0.3, 0.4) is 0 Å². The first-order valence-corrected chi connectivity index (χ1v) is 12.5. The van der Waals surface area contributed by atoms with E-state index in [1.807, 2.05) is 0 Å². The lowest BCUT2D eigenvalue weighted by molar-refractivity contribution is -0.137. The second-order valence-corrected chi connectivity index (χ2v) is 9.91. The summed E-state index contributed by atoms with van der Waals surface area (Å²) in [6.07, 6.45) is 15.1. The summed E-state index contributed by atoms with van der Waals surface area (Å²) in [5, 5.41) is 8.45. The standard InChI is InChI=1S/C28H35F4N/c29-27(20-33)7-3-6-23-10-16-25(17-11-23)24-14-8-21(9-15-24)4-1-2-5-22-12-18-26(19-13-22)28(30,31)32/h3,6-7,12-13,18-19,21,23-25H,1-2,4-5,8-11,14-17H2/b6-3+,27-7-/t21-,23?,24-,25?. The Morgan fingerprint density at radius 3 is 2.09 bits per heavy atom. The van der Waals surface area contributed by atoms with Crippen LogP contribution < -0.4 is 0 Å². The third-order valence-electron chi connectivity index (χ3n) is 7.72. The number of hydrogen-bond donors (Lipinski definition) is 0. The third kappa shape index (κ3) is 8.32. The second-order valence-electron chi connectivity index (χ2n) is 9.91. The van der Waals surface area contributed by atoms with Crippen molar-refractivity contribution in [3.8, 4) is 6.07 Å². The number of allylic oxidation sites excluding steroid dienone is 4. The third-order valence-corrected chi connectivity index (χ3v) is 7.72. The maximum absolute atomic E-state index is 12.9. The maximum Gasteiger partial charge on any atom is 0.416 e. The highest BCUT2D eigenvalue weighted by Gasteiger charge is 2.31. The molecule has 2 aliphatic carbocycles. The van der Waals surface area contributed by atoms with E-state index < -0.39 is 17.6 Å². The summed E-state index contributed by atoms with van der Waals surface area (Å²) in [7, 11) is 0. The quantitative estimate of drug-likeness (QED) is 0.164. The van der Waals surface area contributed by atoms with Crippen LogP contribution in [0.2, 0.25) is 0 Å². The Morgan fingerprint density at radius 1 is 0.909 bits per heavy atom. The number of benzene rings is 1. The minimum atomic E-state index is -4.26. The van der Waals surface area contributed by atoms with Gasteiger partial charge in [-0.2, -0.15) is 22.8 Å². The number of alkyl halides is 3. The fourth-order valence-corrected chi connectivity index (χ4v) is 5.71. The van der Waals surface area contributed by atoms with Gasteiger partial charge in [0, 0.05) is 0 Å². The Bertz CT molecular complexity index is 815. The summed E-state index contributed by atoms with van der Waals surface area (Å²) >= 11 is 0. The van der Waals surface area contributed by atoms with Crippen LogP contribution in [0.5, 0.6) is 0 Å². The van der Waals surface area contributed by atoms with Crippen LogP contribution in [-0.4, -0.2) is 0 Å². The van der Waals surface area contributed by atoms with Gasteiger partial charge < -0.3 is 0 Å². The molecule has 0 saturated heterocycles. The Labute approximate surface area is 195 Å². The molecule has 0 unspecified atom stereocenters. The largest absolute Gasteiger partial charge is 0.416 e. The van der Waals surface area contributed by atoms with Gasteiger partial charge in [-0.3, -0.25) is 0 Å². The number of rotatable bonds is 8. The SMILES string of the molecule is N#C/C(F)=C/C=C/C1CCC([C@H]2CC[C@H](CCCCc3ccc(C(F)(F)F)cc3)CC2)CC1. The first kappa shape index (κ1) is 25.5. The van der Waals surface area contributed by atoms with E-state index in [9.17, 15) is 17.6 Å². The van der Waals surface area contributed by atoms with Gasteiger partial charge in [-0.25, -0.2) is 0 Å². The molecule has 0 aliphatic heterocycles. The van der Waals surface area contributed by atoms with Gasteiger partial charge in [-0.05, 0) is 98.8 Å². The number of unbranched alkanes of at least 4 members (excludes halogenated alkanes) is 1. The molecule has 5 heteroatoms. The molecule has 1 nitrogen and oxygen atoms in total. The van der Waals surface area contributed by atoms with E-state index in [1.165, 1.54) is 69.2 Å². The molecule has 0 radical (unpaired) electrons. The van der Waals surface area contributed by atoms with Crippen molar-refractivity contribution >= 4 is 0 Å². The van der Waals surface area contributed by atoms with E-state index in [2.05, 4.69) is 6.08 Å². The van der Waals surface area contributed by atoms with Gasteiger partial charge in [-0.15, -0.1) is 0 Å². The molecule has 2 fully saturated rings. The lowest BCUT2D eigenvalue weighted by Gasteiger charge is -2.37. The molecule has 0 atom stereocenters. The fourth-order valence-electron chi connectivity index (χ4n) is 5.71. The van der Waals surface area contributed by atoms with Crippen LogP contribution in [0, 0.1) is 35.0 Å². The van der Waals surface area contributed by atoms with Gasteiger partial charge in [0.25, 0.3) is 0 Å². The minimum absolute atomic E-state index is 0.505. The summed E-state index contributed by atoms with van der Waals surface area (Å²) < 4.78 is 50.8. The molecule has 2 aliphatic rings. The maximum atomic E-state index is 12.9. The molecule has 3 rings (SSSR count). The second kappa shape index (κ2) is 12.4. The molecule has 0 N–H and O–H groups in total. The van der Waals surface area contributed by atoms with Gasteiger partial charge in [0.05, 0.1) is 5.56 Å². The molecule has 0 aromatic heterocycles. The van der Waals surface area contributed by atoms with Crippen LogP contribution in [-0.2, 0) is 12.6 Å². The average Bonchev–Trinajstić information content (AvgIpc) is 2.82. The molecular formula is C28H35F4N. The summed E-state index contributed by atoms with van der Waals surface area (Å²) in [5.74, 6) is 2.23. The van der Waals surface area contributed by atoms with Crippen LogP contribution in [0.4, 0.5) is 17.6 Å². The highest BCUT2D eigenvalue weighted by molar-refractivity contribution is 5.24. The number of aryl methyl sites for hydroxylation is 1. The number of halogens is 4. The molecule has 0 amide bonds. The Kier molecular flexibility index (Phi) is 9.59. The normalized spacial score (nSPS) is 26.9. The first-order valence-electron chi connectivity index (χ1n) is 12.5. The number of hydrogen-bond acceptors (Lipinski definition) is 1. The summed E-state index contributed by atoms with van der Waals surface area (Å²) in [4.78, 5) is 0. The van der Waals surface area contributed by atoms with E-state index in [0.717, 1.165) is 55.4 Å². The molecule has 2 saturated carbocycles. The minimum Gasteiger partial charge on any atom is -0.195 e. The van der Waals surface area contributed by atoms with Crippen molar-refractivity contribution in [3.05, 3.63) is 59.4 Å². The zero-order chi connectivity index (χ0) is 23.7. The van der Waals surface area contributed by atoms with Gasteiger partial charge in [0.1, 0.15) is 6.07 Å². The Balaban J connectivity index is 1.29. The molecule has 1 aromatic rings. The van der Waals surface area contributed by atoms with Crippen molar-refractivity contribution < 1.29 is 17.6 Å². The fraction of sp³-hybridized carbons (Fsp3) is 0.607. The van der Waals surface area contributed by atoms with Gasteiger partial charge in [-0.1, -0.05) is 50.0 Å². The molecule has 33 heavy (non-hydrogen) atoms. The molecule has 0 heterocycles. The van der Waals surface area contributed by atoms with Crippen molar-refractivity contribution in [2.24, 2.45) is 23.7 Å². The van der Waals surface area contributed by atoms with Crippen LogP contribution in [0.1, 0.15) is 81.8 Å². The predicted octanol–water partition coefficient (Wildman–Crippen LogP) is 8.96. The highest BCUT2D eigenvalue weighted by Crippen LogP contribution is 2.42. The molecule has 1 aromatic carbocycles. The van der Waals surface area contributed by atoms with Crippen molar-refractivity contribution in [2.45, 2.75) is 83.2 Å². The van der Waals surface area contributed by atoms with E-state index in [4.69, 9.17) is 5.26 Å². The van der Waals surface area contributed by atoms with E-state index in [1.54, 1.807) is 18.2 Å². The van der Waals surface area contributed by atoms with Crippen LogP contribution in [0.25, 0.3) is 0 Å².